The van der Waals surface area contributed by atoms with Crippen molar-refractivity contribution >= 4 is 5.91 Å². The highest BCUT2D eigenvalue weighted by Crippen LogP contribution is 2.21. The predicted molar refractivity (Wildman–Crippen MR) is 73.4 cm³/mol. The number of likely N-dealkylation sites (tertiary alicyclic amines) is 1. The van der Waals surface area contributed by atoms with Crippen LogP contribution in [0.25, 0.3) is 0 Å². The lowest BCUT2D eigenvalue weighted by Gasteiger charge is -2.31. The van der Waals surface area contributed by atoms with E-state index in [0.717, 1.165) is 19.0 Å². The van der Waals surface area contributed by atoms with E-state index in [0.29, 0.717) is 6.54 Å². The second-order valence-electron chi connectivity index (χ2n) is 5.08. The number of amides is 1. The molecule has 18 heavy (non-hydrogen) atoms. The van der Waals surface area contributed by atoms with Crippen LogP contribution < -0.4 is 5.32 Å². The average molecular weight is 246 g/mol. The standard InChI is InChI=1S/C15H22N2O/c1-16-15(18)12-17-9-7-14(8-10-17)11-13-5-3-2-4-6-13/h2-6,14H,7-12H2,1H3,(H,16,18). The summed E-state index contributed by atoms with van der Waals surface area (Å²) >= 11 is 0. The highest BCUT2D eigenvalue weighted by molar-refractivity contribution is 5.77. The SMILES string of the molecule is CNC(=O)CN1CCC(Cc2ccccc2)CC1. The van der Waals surface area contributed by atoms with E-state index in [2.05, 4.69) is 40.5 Å². The number of likely N-dealkylation sites (N-methyl/N-ethyl adjacent to an activating group) is 1. The van der Waals surface area contributed by atoms with Gasteiger partial charge in [-0.25, -0.2) is 0 Å². The Labute approximate surface area is 109 Å². The van der Waals surface area contributed by atoms with Crippen molar-refractivity contribution in [2.75, 3.05) is 26.7 Å². The van der Waals surface area contributed by atoms with E-state index in [-0.39, 0.29) is 5.91 Å². The van der Waals surface area contributed by atoms with Crippen molar-refractivity contribution in [3.63, 3.8) is 0 Å². The molecule has 0 bridgehead atoms. The number of benzene rings is 1. The number of hydrogen-bond acceptors (Lipinski definition) is 2. The maximum absolute atomic E-state index is 11.3. The minimum Gasteiger partial charge on any atom is -0.358 e. The highest BCUT2D eigenvalue weighted by Gasteiger charge is 2.20. The van der Waals surface area contributed by atoms with E-state index < -0.39 is 0 Å². The van der Waals surface area contributed by atoms with Crippen LogP contribution in [0.3, 0.4) is 0 Å². The van der Waals surface area contributed by atoms with Gasteiger partial charge in [-0.2, -0.15) is 0 Å². The van der Waals surface area contributed by atoms with E-state index in [1.54, 1.807) is 7.05 Å². The molecule has 1 N–H and O–H groups in total. The number of carbonyl (C=O) groups is 1. The quantitative estimate of drug-likeness (QED) is 0.877. The van der Waals surface area contributed by atoms with Gasteiger partial charge in [-0.05, 0) is 43.8 Å². The molecular weight excluding hydrogens is 224 g/mol. The molecule has 1 fully saturated rings. The summed E-state index contributed by atoms with van der Waals surface area (Å²) in [5.74, 6) is 0.893. The van der Waals surface area contributed by atoms with Gasteiger partial charge >= 0.3 is 0 Å². The Balaban J connectivity index is 1.75. The zero-order chi connectivity index (χ0) is 12.8. The van der Waals surface area contributed by atoms with E-state index >= 15 is 0 Å². The van der Waals surface area contributed by atoms with Crippen LogP contribution in [-0.4, -0.2) is 37.5 Å². The first-order valence-corrected chi connectivity index (χ1v) is 6.75. The molecule has 1 amide bonds. The summed E-state index contributed by atoms with van der Waals surface area (Å²) in [6.45, 7) is 2.64. The highest BCUT2D eigenvalue weighted by atomic mass is 16.1. The molecule has 0 atom stereocenters. The van der Waals surface area contributed by atoms with Gasteiger partial charge in [-0.1, -0.05) is 30.3 Å². The van der Waals surface area contributed by atoms with E-state index in [1.807, 2.05) is 0 Å². The van der Waals surface area contributed by atoms with Gasteiger partial charge in [0.2, 0.25) is 5.91 Å². The second-order valence-corrected chi connectivity index (χ2v) is 5.08. The number of rotatable bonds is 4. The predicted octanol–water partition coefficient (Wildman–Crippen LogP) is 1.69. The second kappa shape index (κ2) is 6.55. The maximum Gasteiger partial charge on any atom is 0.233 e. The van der Waals surface area contributed by atoms with Crippen LogP contribution in [0.5, 0.6) is 0 Å². The van der Waals surface area contributed by atoms with Gasteiger partial charge in [-0.3, -0.25) is 9.69 Å². The lowest BCUT2D eigenvalue weighted by Crippen LogP contribution is -2.40. The first-order chi connectivity index (χ1) is 8.78. The van der Waals surface area contributed by atoms with Crippen LogP contribution in [0.1, 0.15) is 18.4 Å². The van der Waals surface area contributed by atoms with Crippen molar-refractivity contribution in [3.8, 4) is 0 Å². The summed E-state index contributed by atoms with van der Waals surface area (Å²) in [4.78, 5) is 13.6. The number of piperidine rings is 1. The van der Waals surface area contributed by atoms with E-state index in [4.69, 9.17) is 0 Å². The summed E-state index contributed by atoms with van der Waals surface area (Å²) in [6.07, 6.45) is 3.58. The third-order valence-corrected chi connectivity index (χ3v) is 3.72. The van der Waals surface area contributed by atoms with Crippen LogP contribution >= 0.6 is 0 Å². The van der Waals surface area contributed by atoms with Crippen molar-refractivity contribution in [3.05, 3.63) is 35.9 Å². The van der Waals surface area contributed by atoms with Crippen molar-refractivity contribution in [1.82, 2.24) is 10.2 Å². The summed E-state index contributed by atoms with van der Waals surface area (Å²) in [5.41, 5.74) is 1.43. The molecule has 2 rings (SSSR count). The molecule has 3 nitrogen and oxygen atoms in total. The summed E-state index contributed by atoms with van der Waals surface area (Å²) < 4.78 is 0. The molecule has 0 saturated carbocycles. The van der Waals surface area contributed by atoms with Gasteiger partial charge < -0.3 is 5.32 Å². The molecule has 0 aromatic heterocycles. The monoisotopic (exact) mass is 246 g/mol. The molecular formula is C15H22N2O. The van der Waals surface area contributed by atoms with Gasteiger partial charge in [0.25, 0.3) is 0 Å². The van der Waals surface area contributed by atoms with Gasteiger partial charge in [0.1, 0.15) is 0 Å². The molecule has 1 aliphatic rings. The fourth-order valence-electron chi connectivity index (χ4n) is 2.58. The minimum absolute atomic E-state index is 0.122. The molecule has 1 heterocycles. The normalized spacial score (nSPS) is 17.6. The summed E-state index contributed by atoms with van der Waals surface area (Å²) in [6, 6.07) is 10.7. The summed E-state index contributed by atoms with van der Waals surface area (Å²) in [7, 11) is 1.70. The Hall–Kier alpha value is -1.35. The molecule has 1 aromatic rings. The molecule has 0 radical (unpaired) electrons. The zero-order valence-corrected chi connectivity index (χ0v) is 11.1. The Kier molecular flexibility index (Phi) is 4.76. The number of nitrogens with zero attached hydrogens (tertiary/aromatic N) is 1. The van der Waals surface area contributed by atoms with Crippen molar-refractivity contribution in [1.29, 1.82) is 0 Å². The number of carbonyl (C=O) groups excluding carboxylic acids is 1. The summed E-state index contributed by atoms with van der Waals surface area (Å²) in [5, 5.41) is 2.68. The lowest BCUT2D eigenvalue weighted by atomic mass is 9.90. The molecule has 1 saturated heterocycles. The third-order valence-electron chi connectivity index (χ3n) is 3.72. The van der Waals surface area contributed by atoms with Crippen molar-refractivity contribution in [2.24, 2.45) is 5.92 Å². The van der Waals surface area contributed by atoms with Crippen LogP contribution in [0.15, 0.2) is 30.3 Å². The largest absolute Gasteiger partial charge is 0.358 e. The van der Waals surface area contributed by atoms with Crippen molar-refractivity contribution in [2.45, 2.75) is 19.3 Å². The molecule has 0 spiro atoms. The van der Waals surface area contributed by atoms with Gasteiger partial charge in [0.15, 0.2) is 0 Å². The molecule has 0 unspecified atom stereocenters. The van der Waals surface area contributed by atoms with Gasteiger partial charge in [0, 0.05) is 7.05 Å². The van der Waals surface area contributed by atoms with E-state index in [1.165, 1.54) is 24.8 Å². The Morgan fingerprint density at radius 3 is 2.56 bits per heavy atom. The van der Waals surface area contributed by atoms with Gasteiger partial charge in [0.05, 0.1) is 6.54 Å². The van der Waals surface area contributed by atoms with Gasteiger partial charge in [-0.15, -0.1) is 0 Å². The fourth-order valence-corrected chi connectivity index (χ4v) is 2.58. The van der Waals surface area contributed by atoms with Crippen LogP contribution in [0.2, 0.25) is 0 Å². The number of hydrogen-bond donors (Lipinski definition) is 1. The first-order valence-electron chi connectivity index (χ1n) is 6.75. The van der Waals surface area contributed by atoms with Crippen molar-refractivity contribution < 1.29 is 4.79 Å². The smallest absolute Gasteiger partial charge is 0.233 e. The topological polar surface area (TPSA) is 32.3 Å². The molecule has 98 valence electrons. The fraction of sp³-hybridized carbons (Fsp3) is 0.533. The third kappa shape index (κ3) is 3.84. The molecule has 0 aliphatic carbocycles. The minimum atomic E-state index is 0.122. The van der Waals surface area contributed by atoms with Crippen LogP contribution in [0, 0.1) is 5.92 Å². The average Bonchev–Trinajstić information content (AvgIpc) is 2.42. The molecule has 3 heteroatoms. The molecule has 1 aliphatic heterocycles. The Morgan fingerprint density at radius 2 is 1.94 bits per heavy atom. The zero-order valence-electron chi connectivity index (χ0n) is 11.1. The Morgan fingerprint density at radius 1 is 1.28 bits per heavy atom. The van der Waals surface area contributed by atoms with Crippen LogP contribution in [0.4, 0.5) is 0 Å². The Bertz CT molecular complexity index is 369. The van der Waals surface area contributed by atoms with Crippen LogP contribution in [-0.2, 0) is 11.2 Å². The lowest BCUT2D eigenvalue weighted by molar-refractivity contribution is -0.122. The molecule has 1 aromatic carbocycles. The maximum atomic E-state index is 11.3. The number of nitrogens with one attached hydrogen (secondary N) is 1. The first kappa shape index (κ1) is 13.1. The van der Waals surface area contributed by atoms with E-state index in [9.17, 15) is 4.79 Å².